The number of hydrogen-bond acceptors (Lipinski definition) is 2. The number of benzene rings is 2. The van der Waals surface area contributed by atoms with E-state index in [-0.39, 0.29) is 17.5 Å². The van der Waals surface area contributed by atoms with Gasteiger partial charge in [0.05, 0.1) is 11.5 Å². The van der Waals surface area contributed by atoms with Crippen molar-refractivity contribution in [2.75, 3.05) is 17.7 Å². The van der Waals surface area contributed by atoms with E-state index in [1.54, 1.807) is 50.4 Å². The molecular weight excluding hydrogens is 435 g/mol. The van der Waals surface area contributed by atoms with Crippen molar-refractivity contribution in [3.8, 4) is 0 Å². The quantitative estimate of drug-likeness (QED) is 0.333. The molecule has 2 nitrogen and oxygen atoms in total. The normalized spacial score (nSPS) is 22.8. The molecule has 0 aromatic heterocycles. The lowest BCUT2D eigenvalue weighted by atomic mass is 9.62. The first-order chi connectivity index (χ1) is 15.5. The minimum absolute atomic E-state index is 0.0728. The van der Waals surface area contributed by atoms with Gasteiger partial charge in [0.25, 0.3) is 0 Å². The summed E-state index contributed by atoms with van der Waals surface area (Å²) in [7, 11) is 1.72. The molecule has 33 heavy (non-hydrogen) atoms. The second-order valence-electron chi connectivity index (χ2n) is 8.71. The fourth-order valence-corrected chi connectivity index (χ4v) is 4.92. The van der Waals surface area contributed by atoms with Crippen LogP contribution in [0.2, 0.25) is 0 Å². The zero-order chi connectivity index (χ0) is 24.6. The van der Waals surface area contributed by atoms with Crippen LogP contribution in [0.3, 0.4) is 0 Å². The molecule has 0 bridgehead atoms. The van der Waals surface area contributed by atoms with Crippen LogP contribution < -0.4 is 10.6 Å². The van der Waals surface area contributed by atoms with Crippen LogP contribution in [0.1, 0.15) is 60.9 Å². The number of nitrogens with one attached hydrogen (secondary N) is 2. The molecule has 2 unspecified atom stereocenters. The van der Waals surface area contributed by atoms with Gasteiger partial charge in [-0.1, -0.05) is 37.8 Å². The standard InChI is InChI=1S/C26H29F5N2/c1-6-8-10-17-20(32-5)11-9-12-21(17)33-24-18-13-19(27)23(28)15(3)22(18)16(7-2)14-25(24,4)26(29,30)31/h6,8-13,16,24,32-33H,1,7,14H2,2-5H3/b10-8-/t16-,24?,25?/m1/s1. The van der Waals surface area contributed by atoms with Crippen LogP contribution in [0.25, 0.3) is 6.08 Å². The SMILES string of the molecule is C=C/C=C\c1c(NC)cccc1NC1c2cc(F)c(F)c(C)c2[C@H](CC)CC1(C)C(F)(F)F. The second kappa shape index (κ2) is 9.20. The molecular formula is C26H29F5N2. The minimum atomic E-state index is -4.58. The number of fused-ring (bicyclic) bond motifs is 1. The molecule has 178 valence electrons. The van der Waals surface area contributed by atoms with Gasteiger partial charge in [-0.25, -0.2) is 8.78 Å². The third-order valence-corrected chi connectivity index (χ3v) is 6.78. The van der Waals surface area contributed by atoms with E-state index < -0.39 is 35.2 Å². The van der Waals surface area contributed by atoms with Crippen LogP contribution in [0.4, 0.5) is 33.3 Å². The lowest BCUT2D eigenvalue weighted by molar-refractivity contribution is -0.230. The Morgan fingerprint density at radius 2 is 1.88 bits per heavy atom. The van der Waals surface area contributed by atoms with Gasteiger partial charge < -0.3 is 10.6 Å². The Labute approximate surface area is 191 Å². The van der Waals surface area contributed by atoms with Gasteiger partial charge in [-0.05, 0) is 67.5 Å². The molecule has 1 aliphatic rings. The molecule has 0 spiro atoms. The van der Waals surface area contributed by atoms with Crippen molar-refractivity contribution in [1.29, 1.82) is 0 Å². The first-order valence-corrected chi connectivity index (χ1v) is 10.9. The third-order valence-electron chi connectivity index (χ3n) is 6.78. The van der Waals surface area contributed by atoms with Gasteiger partial charge in [0.2, 0.25) is 0 Å². The molecule has 3 rings (SSSR count). The molecule has 0 amide bonds. The summed E-state index contributed by atoms with van der Waals surface area (Å²) in [6, 6.07) is 4.82. The van der Waals surface area contributed by atoms with Crippen molar-refractivity contribution >= 4 is 17.5 Å². The largest absolute Gasteiger partial charge is 0.396 e. The van der Waals surface area contributed by atoms with Crippen LogP contribution >= 0.6 is 0 Å². The average Bonchev–Trinajstić information content (AvgIpc) is 2.77. The highest BCUT2D eigenvalue weighted by Crippen LogP contribution is 2.59. The van der Waals surface area contributed by atoms with Crippen LogP contribution in [-0.2, 0) is 0 Å². The maximum atomic E-state index is 14.6. The van der Waals surface area contributed by atoms with Gasteiger partial charge in [0.15, 0.2) is 11.6 Å². The Balaban J connectivity index is 2.29. The summed E-state index contributed by atoms with van der Waals surface area (Å²) >= 11 is 0. The number of hydrogen-bond donors (Lipinski definition) is 2. The van der Waals surface area contributed by atoms with Crippen LogP contribution in [0, 0.1) is 24.0 Å². The summed E-state index contributed by atoms with van der Waals surface area (Å²) in [5.41, 5.74) is 0.277. The number of anilines is 2. The molecule has 7 heteroatoms. The zero-order valence-corrected chi connectivity index (χ0v) is 19.2. The molecule has 0 fully saturated rings. The average molecular weight is 465 g/mol. The zero-order valence-electron chi connectivity index (χ0n) is 19.2. The topological polar surface area (TPSA) is 24.1 Å². The van der Waals surface area contributed by atoms with Gasteiger partial charge in [-0.2, -0.15) is 13.2 Å². The van der Waals surface area contributed by atoms with E-state index in [1.807, 2.05) is 0 Å². The van der Waals surface area contributed by atoms with Gasteiger partial charge in [-0.3, -0.25) is 0 Å². The van der Waals surface area contributed by atoms with Crippen molar-refractivity contribution in [3.05, 3.63) is 76.9 Å². The summed E-state index contributed by atoms with van der Waals surface area (Å²) < 4.78 is 72.7. The lowest BCUT2D eigenvalue weighted by Crippen LogP contribution is -2.48. The summed E-state index contributed by atoms with van der Waals surface area (Å²) in [5.74, 6) is -2.69. The van der Waals surface area contributed by atoms with Crippen molar-refractivity contribution in [2.24, 2.45) is 5.41 Å². The first-order valence-electron chi connectivity index (χ1n) is 10.9. The second-order valence-corrected chi connectivity index (χ2v) is 8.71. The smallest absolute Gasteiger partial charge is 0.388 e. The lowest BCUT2D eigenvalue weighted by Gasteiger charge is -2.48. The van der Waals surface area contributed by atoms with Crippen LogP contribution in [0.15, 0.2) is 43.0 Å². The minimum Gasteiger partial charge on any atom is -0.388 e. The summed E-state index contributed by atoms with van der Waals surface area (Å²) in [6.07, 6.45) is 0.575. The predicted octanol–water partition coefficient (Wildman–Crippen LogP) is 8.13. The summed E-state index contributed by atoms with van der Waals surface area (Å²) in [4.78, 5) is 0. The van der Waals surface area contributed by atoms with Gasteiger partial charge in [0, 0.05) is 24.0 Å². The molecule has 2 N–H and O–H groups in total. The number of halogens is 5. The summed E-state index contributed by atoms with van der Waals surface area (Å²) in [5, 5.41) is 6.11. The van der Waals surface area contributed by atoms with Crippen molar-refractivity contribution in [2.45, 2.75) is 51.7 Å². The van der Waals surface area contributed by atoms with E-state index in [0.29, 0.717) is 28.9 Å². The predicted molar refractivity (Wildman–Crippen MR) is 124 cm³/mol. The third kappa shape index (κ3) is 4.25. The molecule has 0 aliphatic heterocycles. The van der Waals surface area contributed by atoms with Crippen molar-refractivity contribution in [1.82, 2.24) is 0 Å². The summed E-state index contributed by atoms with van der Waals surface area (Å²) in [6.45, 7) is 8.02. The monoisotopic (exact) mass is 464 g/mol. The molecule has 2 aromatic carbocycles. The maximum Gasteiger partial charge on any atom is 0.396 e. The van der Waals surface area contributed by atoms with Gasteiger partial charge >= 0.3 is 6.18 Å². The molecule has 1 aliphatic carbocycles. The Hall–Kier alpha value is -2.83. The Bertz CT molecular complexity index is 1070. The van der Waals surface area contributed by atoms with Crippen LogP contribution in [-0.4, -0.2) is 13.2 Å². The van der Waals surface area contributed by atoms with E-state index in [2.05, 4.69) is 17.2 Å². The molecule has 3 atom stereocenters. The van der Waals surface area contributed by atoms with Gasteiger partial charge in [-0.15, -0.1) is 0 Å². The highest BCUT2D eigenvalue weighted by Gasteiger charge is 2.60. The molecule has 2 aromatic rings. The van der Waals surface area contributed by atoms with Crippen molar-refractivity contribution < 1.29 is 22.0 Å². The van der Waals surface area contributed by atoms with E-state index >= 15 is 0 Å². The number of rotatable bonds is 6. The number of alkyl halides is 3. The van der Waals surface area contributed by atoms with E-state index in [1.165, 1.54) is 6.92 Å². The number of allylic oxidation sites excluding steroid dienone is 2. The Morgan fingerprint density at radius 3 is 2.45 bits per heavy atom. The van der Waals surface area contributed by atoms with Crippen molar-refractivity contribution in [3.63, 3.8) is 0 Å². The fourth-order valence-electron chi connectivity index (χ4n) is 4.92. The highest BCUT2D eigenvalue weighted by molar-refractivity contribution is 5.79. The first kappa shape index (κ1) is 24.8. The molecule has 0 heterocycles. The maximum absolute atomic E-state index is 14.6. The van der Waals surface area contributed by atoms with E-state index in [9.17, 15) is 22.0 Å². The molecule has 0 radical (unpaired) electrons. The fraction of sp³-hybridized carbons (Fsp3) is 0.385. The molecule has 0 saturated carbocycles. The highest BCUT2D eigenvalue weighted by atomic mass is 19.4. The Kier molecular flexibility index (Phi) is 6.91. The van der Waals surface area contributed by atoms with Crippen LogP contribution in [0.5, 0.6) is 0 Å². The van der Waals surface area contributed by atoms with Gasteiger partial charge in [0.1, 0.15) is 0 Å². The Morgan fingerprint density at radius 1 is 1.21 bits per heavy atom. The van der Waals surface area contributed by atoms with E-state index in [4.69, 9.17) is 0 Å². The van der Waals surface area contributed by atoms with E-state index in [0.717, 1.165) is 13.0 Å². The molecule has 0 saturated heterocycles.